The summed E-state index contributed by atoms with van der Waals surface area (Å²) in [7, 11) is 0. The van der Waals surface area contributed by atoms with Gasteiger partial charge in [-0.2, -0.15) is 0 Å². The fraction of sp³-hybridized carbons (Fsp3) is 0.500. The van der Waals surface area contributed by atoms with Gasteiger partial charge in [0.15, 0.2) is 0 Å². The number of hydrogen-bond donors (Lipinski definition) is 2. The van der Waals surface area contributed by atoms with Crippen molar-refractivity contribution in [2.75, 3.05) is 12.3 Å². The van der Waals surface area contributed by atoms with Crippen LogP contribution in [0, 0.1) is 17.2 Å². The molecule has 0 radical (unpaired) electrons. The van der Waals surface area contributed by atoms with Gasteiger partial charge in [0.1, 0.15) is 5.82 Å². The van der Waals surface area contributed by atoms with Crippen LogP contribution < -0.4 is 11.1 Å². The van der Waals surface area contributed by atoms with Crippen molar-refractivity contribution in [2.45, 2.75) is 27.7 Å². The zero-order chi connectivity index (χ0) is 13.9. The van der Waals surface area contributed by atoms with Crippen LogP contribution in [0.3, 0.4) is 0 Å². The summed E-state index contributed by atoms with van der Waals surface area (Å²) in [4.78, 5) is 11.9. The number of amides is 1. The van der Waals surface area contributed by atoms with Crippen LogP contribution in [0.1, 0.15) is 38.1 Å². The standard InChI is InChI=1S/C14H21FN2O/c1-9(2)14(3,4)8-17-13(18)10-5-11(15)7-12(16)6-10/h5-7,9H,8,16H2,1-4H3,(H,17,18). The van der Waals surface area contributed by atoms with Crippen molar-refractivity contribution in [1.82, 2.24) is 5.32 Å². The summed E-state index contributed by atoms with van der Waals surface area (Å²) in [5.41, 5.74) is 6.01. The Morgan fingerprint density at radius 2 is 2.00 bits per heavy atom. The van der Waals surface area contributed by atoms with Crippen molar-refractivity contribution >= 4 is 11.6 Å². The number of rotatable bonds is 4. The number of nitrogen functional groups attached to an aromatic ring is 1. The Labute approximate surface area is 108 Å². The number of nitrogens with one attached hydrogen (secondary N) is 1. The topological polar surface area (TPSA) is 55.1 Å². The molecule has 1 aromatic carbocycles. The molecule has 3 nitrogen and oxygen atoms in total. The Hall–Kier alpha value is -1.58. The minimum absolute atomic E-state index is 0.00543. The van der Waals surface area contributed by atoms with Crippen LogP contribution in [0.15, 0.2) is 18.2 Å². The van der Waals surface area contributed by atoms with Crippen molar-refractivity contribution in [3.05, 3.63) is 29.6 Å². The molecule has 0 aliphatic heterocycles. The summed E-state index contributed by atoms with van der Waals surface area (Å²) >= 11 is 0. The second-order valence-electron chi connectivity index (χ2n) is 5.60. The molecule has 0 saturated carbocycles. The molecular formula is C14H21FN2O. The van der Waals surface area contributed by atoms with Crippen LogP contribution in [0.2, 0.25) is 0 Å². The van der Waals surface area contributed by atoms with E-state index in [0.717, 1.165) is 0 Å². The average molecular weight is 252 g/mol. The number of halogens is 1. The fourth-order valence-electron chi connectivity index (χ4n) is 1.36. The first-order valence-electron chi connectivity index (χ1n) is 6.06. The highest BCUT2D eigenvalue weighted by atomic mass is 19.1. The minimum Gasteiger partial charge on any atom is -0.399 e. The van der Waals surface area contributed by atoms with Crippen molar-refractivity contribution in [1.29, 1.82) is 0 Å². The van der Waals surface area contributed by atoms with Gasteiger partial charge in [-0.15, -0.1) is 0 Å². The normalized spacial score (nSPS) is 11.7. The molecule has 0 spiro atoms. The molecule has 0 unspecified atom stereocenters. The Balaban J connectivity index is 2.72. The van der Waals surface area contributed by atoms with Crippen molar-refractivity contribution in [3.63, 3.8) is 0 Å². The molecule has 1 aromatic rings. The highest BCUT2D eigenvalue weighted by Gasteiger charge is 2.23. The molecule has 100 valence electrons. The molecule has 0 heterocycles. The molecule has 0 bridgehead atoms. The summed E-state index contributed by atoms with van der Waals surface area (Å²) in [6.07, 6.45) is 0. The van der Waals surface area contributed by atoms with E-state index in [0.29, 0.717) is 12.5 Å². The van der Waals surface area contributed by atoms with E-state index in [-0.39, 0.29) is 22.6 Å². The lowest BCUT2D eigenvalue weighted by Crippen LogP contribution is -2.37. The van der Waals surface area contributed by atoms with Gasteiger partial charge in [-0.25, -0.2) is 4.39 Å². The lowest BCUT2D eigenvalue weighted by molar-refractivity contribution is 0.0924. The molecule has 0 atom stereocenters. The average Bonchev–Trinajstić information content (AvgIpc) is 2.24. The van der Waals surface area contributed by atoms with Crippen LogP contribution in [0.5, 0.6) is 0 Å². The maximum Gasteiger partial charge on any atom is 0.251 e. The highest BCUT2D eigenvalue weighted by Crippen LogP contribution is 2.24. The highest BCUT2D eigenvalue weighted by molar-refractivity contribution is 5.95. The monoisotopic (exact) mass is 252 g/mol. The molecular weight excluding hydrogens is 231 g/mol. The van der Waals surface area contributed by atoms with E-state index in [9.17, 15) is 9.18 Å². The largest absolute Gasteiger partial charge is 0.399 e. The number of nitrogens with two attached hydrogens (primary N) is 1. The molecule has 0 aliphatic carbocycles. The van der Waals surface area contributed by atoms with Crippen molar-refractivity contribution < 1.29 is 9.18 Å². The molecule has 1 rings (SSSR count). The Kier molecular flexibility index (Phi) is 4.33. The zero-order valence-electron chi connectivity index (χ0n) is 11.4. The Morgan fingerprint density at radius 1 is 1.39 bits per heavy atom. The van der Waals surface area contributed by atoms with E-state index in [1.54, 1.807) is 0 Å². The lowest BCUT2D eigenvalue weighted by atomic mass is 9.81. The lowest BCUT2D eigenvalue weighted by Gasteiger charge is -2.29. The number of carbonyl (C=O) groups excluding carboxylic acids is 1. The first-order valence-corrected chi connectivity index (χ1v) is 6.06. The first-order chi connectivity index (χ1) is 8.22. The van der Waals surface area contributed by atoms with Gasteiger partial charge in [-0.3, -0.25) is 4.79 Å². The number of hydrogen-bond acceptors (Lipinski definition) is 2. The van der Waals surface area contributed by atoms with Gasteiger partial charge in [-0.1, -0.05) is 27.7 Å². The molecule has 0 saturated heterocycles. The minimum atomic E-state index is -0.497. The SMILES string of the molecule is CC(C)C(C)(C)CNC(=O)c1cc(N)cc(F)c1. The second-order valence-corrected chi connectivity index (χ2v) is 5.60. The molecule has 3 N–H and O–H groups in total. The van der Waals surface area contributed by atoms with Crippen LogP contribution >= 0.6 is 0 Å². The van der Waals surface area contributed by atoms with Gasteiger partial charge in [0.25, 0.3) is 5.91 Å². The van der Waals surface area contributed by atoms with E-state index in [4.69, 9.17) is 5.73 Å². The molecule has 0 aromatic heterocycles. The quantitative estimate of drug-likeness (QED) is 0.810. The van der Waals surface area contributed by atoms with Crippen molar-refractivity contribution in [3.8, 4) is 0 Å². The predicted octanol–water partition coefficient (Wildman–Crippen LogP) is 2.82. The summed E-state index contributed by atoms with van der Waals surface area (Å²) in [6, 6.07) is 3.85. The summed E-state index contributed by atoms with van der Waals surface area (Å²) in [5.74, 6) is -0.353. The van der Waals surface area contributed by atoms with E-state index >= 15 is 0 Å². The molecule has 18 heavy (non-hydrogen) atoms. The van der Waals surface area contributed by atoms with Crippen LogP contribution in [0.25, 0.3) is 0 Å². The summed E-state index contributed by atoms with van der Waals surface area (Å²) < 4.78 is 13.1. The summed E-state index contributed by atoms with van der Waals surface area (Å²) in [5, 5.41) is 2.81. The zero-order valence-corrected chi connectivity index (χ0v) is 11.4. The molecule has 4 heteroatoms. The van der Waals surface area contributed by atoms with E-state index in [2.05, 4.69) is 33.0 Å². The maximum absolute atomic E-state index is 13.1. The van der Waals surface area contributed by atoms with Crippen molar-refractivity contribution in [2.24, 2.45) is 11.3 Å². The van der Waals surface area contributed by atoms with Crippen LogP contribution in [-0.4, -0.2) is 12.5 Å². The third kappa shape index (κ3) is 3.72. The van der Waals surface area contributed by atoms with Gasteiger partial charge in [0, 0.05) is 17.8 Å². The van der Waals surface area contributed by atoms with Gasteiger partial charge in [0.2, 0.25) is 0 Å². The van der Waals surface area contributed by atoms with Gasteiger partial charge in [0.05, 0.1) is 0 Å². The third-order valence-electron chi connectivity index (χ3n) is 3.45. The van der Waals surface area contributed by atoms with Crippen LogP contribution in [0.4, 0.5) is 10.1 Å². The first kappa shape index (κ1) is 14.5. The Morgan fingerprint density at radius 3 is 2.50 bits per heavy atom. The van der Waals surface area contributed by atoms with Gasteiger partial charge >= 0.3 is 0 Å². The van der Waals surface area contributed by atoms with Gasteiger partial charge < -0.3 is 11.1 Å². The third-order valence-corrected chi connectivity index (χ3v) is 3.45. The molecule has 0 aliphatic rings. The molecule has 1 amide bonds. The fourth-order valence-corrected chi connectivity index (χ4v) is 1.36. The second kappa shape index (κ2) is 5.38. The maximum atomic E-state index is 13.1. The summed E-state index contributed by atoms with van der Waals surface area (Å²) in [6.45, 7) is 8.91. The van der Waals surface area contributed by atoms with Crippen LogP contribution in [-0.2, 0) is 0 Å². The number of anilines is 1. The molecule has 0 fully saturated rings. The van der Waals surface area contributed by atoms with E-state index in [1.807, 2.05) is 0 Å². The van der Waals surface area contributed by atoms with Gasteiger partial charge in [-0.05, 0) is 29.5 Å². The Bertz CT molecular complexity index is 421. The predicted molar refractivity (Wildman–Crippen MR) is 71.8 cm³/mol. The number of carbonyl (C=O) groups is 1. The van der Waals surface area contributed by atoms with E-state index < -0.39 is 5.82 Å². The van der Waals surface area contributed by atoms with E-state index in [1.165, 1.54) is 18.2 Å². The number of benzene rings is 1. The smallest absolute Gasteiger partial charge is 0.251 e.